The first-order chi connectivity index (χ1) is 15.6. The van der Waals surface area contributed by atoms with Gasteiger partial charge in [0.2, 0.25) is 0 Å². The van der Waals surface area contributed by atoms with E-state index in [0.29, 0.717) is 6.42 Å². The van der Waals surface area contributed by atoms with Crippen LogP contribution in [0.5, 0.6) is 5.75 Å². The van der Waals surface area contributed by atoms with Gasteiger partial charge in [-0.2, -0.15) is 0 Å². The highest BCUT2D eigenvalue weighted by atomic mass is 35.5. The van der Waals surface area contributed by atoms with E-state index in [1.54, 1.807) is 11.8 Å². The highest BCUT2D eigenvalue weighted by Crippen LogP contribution is 2.31. The Labute approximate surface area is 199 Å². The number of aryl methyl sites for hydroxylation is 2. The number of carbonyl (C=O) groups is 1. The van der Waals surface area contributed by atoms with Gasteiger partial charge in [-0.3, -0.25) is 4.79 Å². The molecule has 1 aliphatic carbocycles. The standard InChI is InChI=1S/C27H28ClNO2S/c1-2-25(31-23-16-13-20-7-3-4-8-21(20)17-23)27(30)29-24-9-5-6-10-26(24)32-18-19-11-14-22(28)15-12-19/h5-6,9-17,25H,2-4,7-8,18H2,1H3,(H,29,30)/t25-/m1/s1. The number of fused-ring (bicyclic) bond motifs is 1. The number of carbonyl (C=O) groups excluding carboxylic acids is 1. The van der Waals surface area contributed by atoms with Gasteiger partial charge < -0.3 is 10.1 Å². The summed E-state index contributed by atoms with van der Waals surface area (Å²) in [4.78, 5) is 14.1. The van der Waals surface area contributed by atoms with E-state index in [1.807, 2.05) is 61.5 Å². The van der Waals surface area contributed by atoms with Crippen LogP contribution in [-0.2, 0) is 23.4 Å². The van der Waals surface area contributed by atoms with E-state index in [9.17, 15) is 4.79 Å². The Morgan fingerprint density at radius 3 is 2.56 bits per heavy atom. The van der Waals surface area contributed by atoms with E-state index in [1.165, 1.54) is 29.5 Å². The SMILES string of the molecule is CC[C@@H](Oc1ccc2c(c1)CCCC2)C(=O)Nc1ccccc1SCc1ccc(Cl)cc1. The Balaban J connectivity index is 1.41. The number of halogens is 1. The zero-order chi connectivity index (χ0) is 22.3. The number of amides is 1. The second-order valence-corrected chi connectivity index (χ2v) is 9.51. The lowest BCUT2D eigenvalue weighted by Gasteiger charge is -2.21. The summed E-state index contributed by atoms with van der Waals surface area (Å²) in [6.45, 7) is 1.98. The van der Waals surface area contributed by atoms with Crippen molar-refractivity contribution < 1.29 is 9.53 Å². The summed E-state index contributed by atoms with van der Waals surface area (Å²) in [5.74, 6) is 1.45. The number of benzene rings is 3. The van der Waals surface area contributed by atoms with Crippen molar-refractivity contribution in [3.63, 3.8) is 0 Å². The second-order valence-electron chi connectivity index (χ2n) is 8.05. The average molecular weight is 466 g/mol. The van der Waals surface area contributed by atoms with Gasteiger partial charge in [-0.1, -0.05) is 48.9 Å². The molecule has 1 aliphatic rings. The highest BCUT2D eigenvalue weighted by molar-refractivity contribution is 7.98. The molecule has 166 valence electrons. The van der Waals surface area contributed by atoms with Crippen LogP contribution in [0, 0.1) is 0 Å². The molecule has 0 heterocycles. The van der Waals surface area contributed by atoms with Crippen molar-refractivity contribution in [1.82, 2.24) is 0 Å². The molecule has 0 aromatic heterocycles. The first kappa shape index (κ1) is 22.8. The minimum Gasteiger partial charge on any atom is -0.481 e. The van der Waals surface area contributed by atoms with Crippen LogP contribution >= 0.6 is 23.4 Å². The number of ether oxygens (including phenoxy) is 1. The summed E-state index contributed by atoms with van der Waals surface area (Å²) in [5, 5.41) is 3.82. The monoisotopic (exact) mass is 465 g/mol. The molecule has 1 amide bonds. The van der Waals surface area contributed by atoms with Crippen LogP contribution in [0.3, 0.4) is 0 Å². The minimum atomic E-state index is -0.536. The molecule has 1 atom stereocenters. The van der Waals surface area contributed by atoms with Crippen LogP contribution in [0.2, 0.25) is 5.02 Å². The molecular weight excluding hydrogens is 438 g/mol. The maximum atomic E-state index is 13.0. The molecular formula is C27H28ClNO2S. The second kappa shape index (κ2) is 10.9. The first-order valence-corrected chi connectivity index (χ1v) is 12.5. The molecule has 5 heteroatoms. The number of para-hydroxylation sites is 1. The Morgan fingerprint density at radius 1 is 1.03 bits per heavy atom. The molecule has 0 radical (unpaired) electrons. The average Bonchev–Trinajstić information content (AvgIpc) is 2.83. The topological polar surface area (TPSA) is 38.3 Å². The smallest absolute Gasteiger partial charge is 0.265 e. The van der Waals surface area contributed by atoms with Crippen molar-refractivity contribution in [1.29, 1.82) is 0 Å². The van der Waals surface area contributed by atoms with Crippen molar-refractivity contribution in [2.24, 2.45) is 0 Å². The van der Waals surface area contributed by atoms with Gasteiger partial charge in [0.25, 0.3) is 5.91 Å². The van der Waals surface area contributed by atoms with Crippen molar-refractivity contribution in [2.45, 2.75) is 55.8 Å². The lowest BCUT2D eigenvalue weighted by Crippen LogP contribution is -2.32. The fourth-order valence-electron chi connectivity index (χ4n) is 3.92. The molecule has 32 heavy (non-hydrogen) atoms. The number of hydrogen-bond acceptors (Lipinski definition) is 3. The fraction of sp³-hybridized carbons (Fsp3) is 0.296. The van der Waals surface area contributed by atoms with Gasteiger partial charge in [-0.05, 0) is 85.2 Å². The fourth-order valence-corrected chi connectivity index (χ4v) is 5.01. The van der Waals surface area contributed by atoms with Crippen molar-refractivity contribution in [3.05, 3.63) is 88.4 Å². The highest BCUT2D eigenvalue weighted by Gasteiger charge is 2.20. The zero-order valence-corrected chi connectivity index (χ0v) is 19.8. The van der Waals surface area contributed by atoms with Gasteiger partial charge in [0.1, 0.15) is 5.75 Å². The number of hydrogen-bond donors (Lipinski definition) is 1. The third-order valence-corrected chi connectivity index (χ3v) is 7.11. The largest absolute Gasteiger partial charge is 0.481 e. The molecule has 0 aliphatic heterocycles. The van der Waals surface area contributed by atoms with Gasteiger partial charge in [-0.15, -0.1) is 11.8 Å². The summed E-state index contributed by atoms with van der Waals surface area (Å²) in [7, 11) is 0. The van der Waals surface area contributed by atoms with Crippen LogP contribution in [0.15, 0.2) is 71.6 Å². The van der Waals surface area contributed by atoms with Gasteiger partial charge in [-0.25, -0.2) is 0 Å². The molecule has 3 aromatic rings. The molecule has 0 bridgehead atoms. The van der Waals surface area contributed by atoms with Crippen molar-refractivity contribution >= 4 is 35.0 Å². The van der Waals surface area contributed by atoms with E-state index in [0.717, 1.165) is 39.9 Å². The molecule has 0 unspecified atom stereocenters. The Bertz CT molecular complexity index is 1070. The summed E-state index contributed by atoms with van der Waals surface area (Å²) >= 11 is 7.67. The van der Waals surface area contributed by atoms with E-state index >= 15 is 0 Å². The van der Waals surface area contributed by atoms with Crippen molar-refractivity contribution in [3.8, 4) is 5.75 Å². The normalized spacial score (nSPS) is 13.8. The lowest BCUT2D eigenvalue weighted by atomic mass is 9.92. The number of anilines is 1. The summed E-state index contributed by atoms with van der Waals surface area (Å²) in [6.07, 6.45) is 4.77. The van der Waals surface area contributed by atoms with Crippen molar-refractivity contribution in [2.75, 3.05) is 5.32 Å². The summed E-state index contributed by atoms with van der Waals surface area (Å²) in [5.41, 5.74) is 4.76. The van der Waals surface area contributed by atoms with E-state index in [4.69, 9.17) is 16.3 Å². The van der Waals surface area contributed by atoms with Gasteiger partial charge >= 0.3 is 0 Å². The first-order valence-electron chi connectivity index (χ1n) is 11.2. The third kappa shape index (κ3) is 5.87. The Hall–Kier alpha value is -2.43. The predicted octanol–water partition coefficient (Wildman–Crippen LogP) is 7.31. The van der Waals surface area contributed by atoms with Crippen LogP contribution in [-0.4, -0.2) is 12.0 Å². The zero-order valence-electron chi connectivity index (χ0n) is 18.3. The van der Waals surface area contributed by atoms with Crippen LogP contribution in [0.1, 0.15) is 42.9 Å². The molecule has 0 saturated carbocycles. The van der Waals surface area contributed by atoms with Gasteiger partial charge in [0.15, 0.2) is 6.10 Å². The quantitative estimate of drug-likeness (QED) is 0.354. The van der Waals surface area contributed by atoms with Crippen LogP contribution in [0.4, 0.5) is 5.69 Å². The minimum absolute atomic E-state index is 0.121. The molecule has 1 N–H and O–H groups in total. The summed E-state index contributed by atoms with van der Waals surface area (Å²) < 4.78 is 6.11. The maximum Gasteiger partial charge on any atom is 0.265 e. The molecule has 0 saturated heterocycles. The Kier molecular flexibility index (Phi) is 7.77. The lowest BCUT2D eigenvalue weighted by molar-refractivity contribution is -0.122. The molecule has 0 fully saturated rings. The van der Waals surface area contributed by atoms with E-state index in [2.05, 4.69) is 17.4 Å². The van der Waals surface area contributed by atoms with Crippen LogP contribution < -0.4 is 10.1 Å². The molecule has 3 nitrogen and oxygen atoms in total. The third-order valence-electron chi connectivity index (χ3n) is 5.71. The Morgan fingerprint density at radius 2 is 1.78 bits per heavy atom. The van der Waals surface area contributed by atoms with E-state index < -0.39 is 6.10 Å². The molecule has 0 spiro atoms. The molecule has 3 aromatic carbocycles. The van der Waals surface area contributed by atoms with Crippen LogP contribution in [0.25, 0.3) is 0 Å². The number of thioether (sulfide) groups is 1. The predicted molar refractivity (Wildman–Crippen MR) is 134 cm³/mol. The van der Waals surface area contributed by atoms with Gasteiger partial charge in [0, 0.05) is 15.7 Å². The maximum absolute atomic E-state index is 13.0. The van der Waals surface area contributed by atoms with E-state index in [-0.39, 0.29) is 5.91 Å². The summed E-state index contributed by atoms with van der Waals surface area (Å²) in [6, 6.07) is 22.0. The number of nitrogens with one attached hydrogen (secondary N) is 1. The molecule has 4 rings (SSSR count). The number of rotatable bonds is 8. The van der Waals surface area contributed by atoms with Gasteiger partial charge in [0.05, 0.1) is 5.69 Å².